The van der Waals surface area contributed by atoms with Crippen LogP contribution in [0.3, 0.4) is 0 Å². The molecule has 0 aliphatic heterocycles. The van der Waals surface area contributed by atoms with E-state index in [-0.39, 0.29) is 11.6 Å². The number of carboxylic acids is 1. The van der Waals surface area contributed by atoms with Crippen molar-refractivity contribution in [2.45, 2.75) is 32.6 Å². The summed E-state index contributed by atoms with van der Waals surface area (Å²) in [6.07, 6.45) is 4.59. The minimum atomic E-state index is -1.13. The Morgan fingerprint density at radius 1 is 1.50 bits per heavy atom. The van der Waals surface area contributed by atoms with Gasteiger partial charge in [-0.25, -0.2) is 4.79 Å². The van der Waals surface area contributed by atoms with Gasteiger partial charge < -0.3 is 14.3 Å². The third-order valence-electron chi connectivity index (χ3n) is 3.28. The van der Waals surface area contributed by atoms with Gasteiger partial charge in [-0.15, -0.1) is 11.3 Å². The molecule has 1 aliphatic rings. The highest BCUT2D eigenvalue weighted by Crippen LogP contribution is 2.37. The number of hydrogen-bond acceptors (Lipinski definition) is 5. The van der Waals surface area contributed by atoms with E-state index in [1.54, 1.807) is 18.3 Å². The first kappa shape index (κ1) is 13.2. The SMILES string of the molecule is CCOc1oc(-c2cc3c(s2)CCCC3)nc1C(=O)O. The highest BCUT2D eigenvalue weighted by Gasteiger charge is 2.24. The van der Waals surface area contributed by atoms with Crippen molar-refractivity contribution in [3.8, 4) is 16.7 Å². The maximum Gasteiger partial charge on any atom is 0.362 e. The van der Waals surface area contributed by atoms with E-state index in [1.807, 2.05) is 0 Å². The van der Waals surface area contributed by atoms with Gasteiger partial charge in [0.2, 0.25) is 11.6 Å². The fourth-order valence-electron chi connectivity index (χ4n) is 2.37. The number of fused-ring (bicyclic) bond motifs is 1. The number of aromatic carboxylic acids is 1. The smallest absolute Gasteiger partial charge is 0.362 e. The summed E-state index contributed by atoms with van der Waals surface area (Å²) in [4.78, 5) is 17.4. The average molecular weight is 293 g/mol. The summed E-state index contributed by atoms with van der Waals surface area (Å²) in [5.41, 5.74) is 1.18. The van der Waals surface area contributed by atoms with E-state index in [1.165, 1.54) is 23.3 Å². The Morgan fingerprint density at radius 2 is 2.30 bits per heavy atom. The second kappa shape index (κ2) is 5.28. The van der Waals surface area contributed by atoms with Crippen LogP contribution in [0.4, 0.5) is 0 Å². The molecule has 0 spiro atoms. The molecule has 0 amide bonds. The first-order valence-corrected chi connectivity index (χ1v) is 7.49. The van der Waals surface area contributed by atoms with Crippen molar-refractivity contribution in [3.63, 3.8) is 0 Å². The second-order valence-electron chi connectivity index (χ2n) is 4.66. The van der Waals surface area contributed by atoms with Crippen molar-refractivity contribution < 1.29 is 19.1 Å². The van der Waals surface area contributed by atoms with E-state index in [0.29, 0.717) is 12.5 Å². The van der Waals surface area contributed by atoms with E-state index in [2.05, 4.69) is 11.1 Å². The Bertz CT molecular complexity index is 620. The molecule has 2 heterocycles. The summed E-state index contributed by atoms with van der Waals surface area (Å²) in [7, 11) is 0. The molecule has 0 bridgehead atoms. The number of nitrogens with zero attached hydrogens (tertiary/aromatic N) is 1. The number of carboxylic acid groups (broad SMARTS) is 1. The van der Waals surface area contributed by atoms with Gasteiger partial charge in [0.15, 0.2) is 0 Å². The van der Waals surface area contributed by atoms with Crippen LogP contribution in [0.1, 0.15) is 40.7 Å². The summed E-state index contributed by atoms with van der Waals surface area (Å²) in [5.74, 6) is -0.809. The van der Waals surface area contributed by atoms with Crippen LogP contribution in [-0.2, 0) is 12.8 Å². The first-order valence-electron chi connectivity index (χ1n) is 6.68. The van der Waals surface area contributed by atoms with E-state index >= 15 is 0 Å². The van der Waals surface area contributed by atoms with Crippen LogP contribution >= 0.6 is 11.3 Å². The van der Waals surface area contributed by atoms with Crippen LogP contribution < -0.4 is 4.74 Å². The van der Waals surface area contributed by atoms with Gasteiger partial charge in [-0.1, -0.05) is 0 Å². The van der Waals surface area contributed by atoms with Crippen LogP contribution in [0.25, 0.3) is 10.8 Å². The number of aromatic nitrogens is 1. The van der Waals surface area contributed by atoms with Crippen LogP contribution in [0.15, 0.2) is 10.5 Å². The molecule has 1 N–H and O–H groups in total. The standard InChI is InChI=1S/C14H15NO4S/c1-2-18-14-11(13(16)17)15-12(19-14)10-7-8-5-3-4-6-9(8)20-10/h7H,2-6H2,1H3,(H,16,17). The Morgan fingerprint density at radius 3 is 3.00 bits per heavy atom. The molecule has 5 nitrogen and oxygen atoms in total. The minimum absolute atomic E-state index is 0.0126. The molecule has 2 aromatic heterocycles. The zero-order valence-electron chi connectivity index (χ0n) is 11.1. The average Bonchev–Trinajstić information content (AvgIpc) is 3.02. The van der Waals surface area contributed by atoms with Gasteiger partial charge >= 0.3 is 11.9 Å². The molecule has 3 rings (SSSR count). The molecule has 106 valence electrons. The molecule has 2 aromatic rings. The number of ether oxygens (including phenoxy) is 1. The van der Waals surface area contributed by atoms with Gasteiger partial charge in [0, 0.05) is 4.88 Å². The number of carbonyl (C=O) groups is 1. The van der Waals surface area contributed by atoms with Crippen LogP contribution in [0.2, 0.25) is 0 Å². The maximum atomic E-state index is 11.1. The molecule has 0 fully saturated rings. The molecule has 0 radical (unpaired) electrons. The summed E-state index contributed by atoms with van der Waals surface area (Å²) >= 11 is 1.64. The number of rotatable bonds is 4. The van der Waals surface area contributed by atoms with Gasteiger partial charge in [0.1, 0.15) is 0 Å². The molecule has 0 saturated heterocycles. The van der Waals surface area contributed by atoms with Crippen molar-refractivity contribution >= 4 is 17.3 Å². The Kier molecular flexibility index (Phi) is 3.48. The maximum absolute atomic E-state index is 11.1. The van der Waals surface area contributed by atoms with E-state index < -0.39 is 5.97 Å². The Hall–Kier alpha value is -1.82. The van der Waals surface area contributed by atoms with E-state index in [0.717, 1.165) is 17.7 Å². The molecule has 0 aromatic carbocycles. The zero-order valence-corrected chi connectivity index (χ0v) is 12.0. The summed E-state index contributed by atoms with van der Waals surface area (Å²) in [5, 5.41) is 9.12. The van der Waals surface area contributed by atoms with E-state index in [4.69, 9.17) is 14.3 Å². The van der Waals surface area contributed by atoms with Gasteiger partial charge in [-0.05, 0) is 44.2 Å². The number of oxazole rings is 1. The molecule has 0 saturated carbocycles. The molecular formula is C14H15NO4S. The summed E-state index contributed by atoms with van der Waals surface area (Å²) < 4.78 is 10.7. The highest BCUT2D eigenvalue weighted by atomic mass is 32.1. The Labute approximate surface area is 120 Å². The number of hydrogen-bond donors (Lipinski definition) is 1. The third kappa shape index (κ3) is 2.31. The summed E-state index contributed by atoms with van der Waals surface area (Å²) in [6, 6.07) is 2.06. The predicted octanol–water partition coefficient (Wildman–Crippen LogP) is 3.38. The highest BCUT2D eigenvalue weighted by molar-refractivity contribution is 7.15. The lowest BCUT2D eigenvalue weighted by atomic mass is 9.99. The van der Waals surface area contributed by atoms with Gasteiger partial charge in [-0.2, -0.15) is 4.98 Å². The zero-order chi connectivity index (χ0) is 14.1. The van der Waals surface area contributed by atoms with Crippen LogP contribution in [0, 0.1) is 0 Å². The van der Waals surface area contributed by atoms with Crippen molar-refractivity contribution in [2.75, 3.05) is 6.61 Å². The molecule has 6 heteroatoms. The molecule has 0 unspecified atom stereocenters. The van der Waals surface area contributed by atoms with Gasteiger partial charge in [0.25, 0.3) is 0 Å². The van der Waals surface area contributed by atoms with Crippen molar-refractivity contribution in [2.24, 2.45) is 0 Å². The normalized spacial score (nSPS) is 14.1. The van der Waals surface area contributed by atoms with Crippen LogP contribution in [0.5, 0.6) is 5.95 Å². The minimum Gasteiger partial charge on any atom is -0.476 e. The lowest BCUT2D eigenvalue weighted by Crippen LogP contribution is -2.01. The largest absolute Gasteiger partial charge is 0.476 e. The lowest BCUT2D eigenvalue weighted by Gasteiger charge is -2.08. The summed E-state index contributed by atoms with van der Waals surface area (Å²) in [6.45, 7) is 2.12. The quantitative estimate of drug-likeness (QED) is 0.935. The molecule has 1 aliphatic carbocycles. The second-order valence-corrected chi connectivity index (χ2v) is 5.80. The van der Waals surface area contributed by atoms with Crippen molar-refractivity contribution in [1.29, 1.82) is 0 Å². The van der Waals surface area contributed by atoms with Crippen molar-refractivity contribution in [3.05, 3.63) is 22.2 Å². The number of aryl methyl sites for hydroxylation is 2. The van der Waals surface area contributed by atoms with Gasteiger partial charge in [-0.3, -0.25) is 0 Å². The Balaban J connectivity index is 1.99. The van der Waals surface area contributed by atoms with Gasteiger partial charge in [0.05, 0.1) is 11.5 Å². The molecular weight excluding hydrogens is 278 g/mol. The van der Waals surface area contributed by atoms with E-state index in [9.17, 15) is 4.79 Å². The van der Waals surface area contributed by atoms with Crippen LogP contribution in [-0.4, -0.2) is 22.7 Å². The lowest BCUT2D eigenvalue weighted by molar-refractivity contribution is 0.0683. The monoisotopic (exact) mass is 293 g/mol. The fourth-order valence-corrected chi connectivity index (χ4v) is 3.55. The van der Waals surface area contributed by atoms with Crippen molar-refractivity contribution in [1.82, 2.24) is 4.98 Å². The first-order chi connectivity index (χ1) is 9.69. The molecule has 0 atom stereocenters. The predicted molar refractivity (Wildman–Crippen MR) is 74.6 cm³/mol. The third-order valence-corrected chi connectivity index (χ3v) is 4.51. The fraction of sp³-hybridized carbons (Fsp3) is 0.429. The molecule has 20 heavy (non-hydrogen) atoms. The topological polar surface area (TPSA) is 72.6 Å². The number of thiophene rings is 1.